The third kappa shape index (κ3) is 4.04. The Balaban J connectivity index is 1.84. The average molecular weight is 431 g/mol. The first-order valence-corrected chi connectivity index (χ1v) is 9.80. The monoisotopic (exact) mass is 431 g/mol. The number of halogens is 3. The van der Waals surface area contributed by atoms with Gasteiger partial charge in [0.15, 0.2) is 0 Å². The van der Waals surface area contributed by atoms with Gasteiger partial charge in [-0.05, 0) is 24.3 Å². The number of hydrogen-bond acceptors (Lipinski definition) is 8. The van der Waals surface area contributed by atoms with Crippen molar-refractivity contribution in [1.82, 2.24) is 4.98 Å². The number of benzene rings is 1. The summed E-state index contributed by atoms with van der Waals surface area (Å²) in [6.07, 6.45) is 1.60. The lowest BCUT2D eigenvalue weighted by Gasteiger charge is -2.37. The van der Waals surface area contributed by atoms with Gasteiger partial charge in [0.1, 0.15) is 11.5 Å². The van der Waals surface area contributed by atoms with Crippen LogP contribution >= 0.6 is 0 Å². The summed E-state index contributed by atoms with van der Waals surface area (Å²) in [5.74, 6) is 0.372. The third-order valence-electron chi connectivity index (χ3n) is 4.51. The summed E-state index contributed by atoms with van der Waals surface area (Å²) in [4.78, 5) is 17.0. The maximum Gasteiger partial charge on any atom is 0.501 e. The number of nitro groups is 1. The second-order valence-corrected chi connectivity index (χ2v) is 8.21. The van der Waals surface area contributed by atoms with Gasteiger partial charge in [-0.2, -0.15) is 13.2 Å². The van der Waals surface area contributed by atoms with Crippen LogP contribution in [0, 0.1) is 10.1 Å². The summed E-state index contributed by atoms with van der Waals surface area (Å²) >= 11 is 0. The van der Waals surface area contributed by atoms with Crippen molar-refractivity contribution in [3.8, 4) is 0 Å². The first kappa shape index (κ1) is 20.6. The molecule has 2 aromatic rings. The van der Waals surface area contributed by atoms with Gasteiger partial charge in [0, 0.05) is 32.2 Å². The van der Waals surface area contributed by atoms with Crippen LogP contribution in [0.25, 0.3) is 0 Å². The molecule has 1 saturated heterocycles. The van der Waals surface area contributed by atoms with Crippen LogP contribution in [0.2, 0.25) is 0 Å². The van der Waals surface area contributed by atoms with Crippen molar-refractivity contribution in [2.75, 3.05) is 41.7 Å². The number of nitro benzene ring substituents is 1. The molecule has 2 N–H and O–H groups in total. The van der Waals surface area contributed by atoms with Crippen LogP contribution in [0.3, 0.4) is 0 Å². The molecule has 0 bridgehead atoms. The van der Waals surface area contributed by atoms with Gasteiger partial charge in [-0.3, -0.25) is 10.1 Å². The molecule has 9 nitrogen and oxygen atoms in total. The van der Waals surface area contributed by atoms with Gasteiger partial charge in [-0.1, -0.05) is 0 Å². The molecule has 1 aliphatic heterocycles. The van der Waals surface area contributed by atoms with Gasteiger partial charge in [0.25, 0.3) is 15.5 Å². The van der Waals surface area contributed by atoms with E-state index < -0.39 is 30.9 Å². The summed E-state index contributed by atoms with van der Waals surface area (Å²) in [5.41, 5.74) is 0.198. The smallest absolute Gasteiger partial charge is 0.384 e. The highest BCUT2D eigenvalue weighted by atomic mass is 32.2. The fraction of sp³-hybridized carbons (Fsp3) is 0.312. The topological polar surface area (TPSA) is 123 Å². The summed E-state index contributed by atoms with van der Waals surface area (Å²) < 4.78 is 61.4. The number of nitrogen functional groups attached to an aromatic ring is 1. The maximum atomic E-state index is 12.7. The molecule has 0 atom stereocenters. The average Bonchev–Trinajstić information content (AvgIpc) is 2.67. The Morgan fingerprint density at radius 3 is 2.21 bits per heavy atom. The molecule has 0 radical (unpaired) electrons. The van der Waals surface area contributed by atoms with Crippen LogP contribution in [-0.4, -0.2) is 50.0 Å². The molecule has 1 aromatic carbocycles. The van der Waals surface area contributed by atoms with Crippen LogP contribution in [0.1, 0.15) is 0 Å². The number of nitrogens with two attached hydrogens (primary N) is 1. The molecule has 1 fully saturated rings. The van der Waals surface area contributed by atoms with Crippen molar-refractivity contribution in [2.24, 2.45) is 0 Å². The minimum absolute atomic E-state index is 0.0613. The first-order chi connectivity index (χ1) is 13.5. The Hall–Kier alpha value is -3.09. The second kappa shape index (κ2) is 7.39. The highest BCUT2D eigenvalue weighted by molar-refractivity contribution is 7.92. The molecule has 13 heteroatoms. The van der Waals surface area contributed by atoms with Crippen LogP contribution in [0.4, 0.5) is 36.1 Å². The van der Waals surface area contributed by atoms with E-state index >= 15 is 0 Å². The van der Waals surface area contributed by atoms with Crippen molar-refractivity contribution in [3.63, 3.8) is 0 Å². The number of sulfone groups is 1. The van der Waals surface area contributed by atoms with E-state index in [4.69, 9.17) is 5.73 Å². The summed E-state index contributed by atoms with van der Waals surface area (Å²) in [7, 11) is -5.68. The van der Waals surface area contributed by atoms with Gasteiger partial charge in [0.05, 0.1) is 21.7 Å². The highest BCUT2D eigenvalue weighted by Crippen LogP contribution is 2.36. The molecule has 0 amide bonds. The van der Waals surface area contributed by atoms with Crippen molar-refractivity contribution in [3.05, 3.63) is 46.6 Å². The number of nitrogens with zero attached hydrogens (tertiary/aromatic N) is 4. The lowest BCUT2D eigenvalue weighted by molar-refractivity contribution is -0.384. The van der Waals surface area contributed by atoms with Crippen molar-refractivity contribution >= 4 is 32.7 Å². The molecular weight excluding hydrogens is 415 g/mol. The van der Waals surface area contributed by atoms with E-state index in [0.717, 1.165) is 17.8 Å². The molecule has 0 saturated carbocycles. The number of piperazine rings is 1. The Labute approximate surface area is 163 Å². The standard InChI is InChI=1S/C16H16F3N5O4S/c17-16(18,19)29(27,28)12-2-3-13(14(9-12)24(25)26)23-7-5-22(6-8-23)11-1-4-15(20)21-10-11/h1-4,9-10H,5-8H2,(H2,20,21). The lowest BCUT2D eigenvalue weighted by atomic mass is 10.2. The van der Waals surface area contributed by atoms with Crippen LogP contribution in [0.5, 0.6) is 0 Å². The van der Waals surface area contributed by atoms with E-state index in [2.05, 4.69) is 4.98 Å². The van der Waals surface area contributed by atoms with E-state index in [1.165, 1.54) is 0 Å². The number of pyridine rings is 1. The van der Waals surface area contributed by atoms with E-state index in [0.29, 0.717) is 38.1 Å². The molecule has 3 rings (SSSR count). The van der Waals surface area contributed by atoms with E-state index in [1.54, 1.807) is 23.2 Å². The molecule has 0 aliphatic carbocycles. The largest absolute Gasteiger partial charge is 0.501 e. The van der Waals surface area contributed by atoms with Gasteiger partial charge in [0.2, 0.25) is 0 Å². The Morgan fingerprint density at radius 2 is 1.69 bits per heavy atom. The number of aromatic nitrogens is 1. The molecule has 29 heavy (non-hydrogen) atoms. The van der Waals surface area contributed by atoms with Gasteiger partial charge in [-0.25, -0.2) is 13.4 Å². The minimum atomic E-state index is -5.68. The molecule has 0 unspecified atom stereocenters. The number of hydrogen-bond donors (Lipinski definition) is 1. The fourth-order valence-corrected chi connectivity index (χ4v) is 3.79. The molecule has 2 heterocycles. The van der Waals surface area contributed by atoms with Gasteiger partial charge < -0.3 is 15.5 Å². The number of alkyl halides is 3. The van der Waals surface area contributed by atoms with E-state index in [1.807, 2.05) is 4.90 Å². The van der Waals surface area contributed by atoms with E-state index in [-0.39, 0.29) is 5.69 Å². The Kier molecular flexibility index (Phi) is 5.26. The predicted molar refractivity (Wildman–Crippen MR) is 99.4 cm³/mol. The van der Waals surface area contributed by atoms with Crippen molar-refractivity contribution in [2.45, 2.75) is 10.4 Å². The molecule has 1 aliphatic rings. The number of rotatable bonds is 4. The summed E-state index contributed by atoms with van der Waals surface area (Å²) in [6, 6.07) is 5.66. The first-order valence-electron chi connectivity index (χ1n) is 8.32. The maximum absolute atomic E-state index is 12.7. The predicted octanol–water partition coefficient (Wildman–Crippen LogP) is 2.19. The highest BCUT2D eigenvalue weighted by Gasteiger charge is 2.47. The van der Waals surface area contributed by atoms with Crippen molar-refractivity contribution in [1.29, 1.82) is 0 Å². The van der Waals surface area contributed by atoms with Gasteiger partial charge >= 0.3 is 5.51 Å². The minimum Gasteiger partial charge on any atom is -0.384 e. The SMILES string of the molecule is Nc1ccc(N2CCN(c3ccc(S(=O)(=O)C(F)(F)F)cc3[N+](=O)[O-])CC2)cn1. The summed E-state index contributed by atoms with van der Waals surface area (Å²) in [5, 5.41) is 11.4. The van der Waals surface area contributed by atoms with Gasteiger partial charge in [-0.15, -0.1) is 0 Å². The van der Waals surface area contributed by atoms with Crippen molar-refractivity contribution < 1.29 is 26.5 Å². The fourth-order valence-electron chi connectivity index (χ4n) is 3.01. The zero-order valence-corrected chi connectivity index (χ0v) is 15.7. The molecule has 156 valence electrons. The van der Waals surface area contributed by atoms with Crippen LogP contribution in [0.15, 0.2) is 41.4 Å². The molecule has 1 aromatic heterocycles. The van der Waals surface area contributed by atoms with E-state index in [9.17, 15) is 31.7 Å². The third-order valence-corrected chi connectivity index (χ3v) is 6.00. The lowest BCUT2D eigenvalue weighted by Crippen LogP contribution is -2.46. The quantitative estimate of drug-likeness (QED) is 0.577. The Bertz CT molecular complexity index is 1020. The molecule has 0 spiro atoms. The zero-order valence-electron chi connectivity index (χ0n) is 14.8. The van der Waals surface area contributed by atoms with Crippen LogP contribution < -0.4 is 15.5 Å². The zero-order chi connectivity index (χ0) is 21.4. The molecular formula is C16H16F3N5O4S. The summed E-state index contributed by atoms with van der Waals surface area (Å²) in [6.45, 7) is 1.64. The number of anilines is 3. The second-order valence-electron chi connectivity index (χ2n) is 6.27. The Morgan fingerprint density at radius 1 is 1.07 bits per heavy atom. The van der Waals surface area contributed by atoms with Crippen LogP contribution in [-0.2, 0) is 9.84 Å². The normalized spacial score (nSPS) is 15.4.